The fourth-order valence-electron chi connectivity index (χ4n) is 0. The van der Waals surface area contributed by atoms with Crippen LogP contribution in [0.15, 0.2) is 0 Å². The van der Waals surface area contributed by atoms with Gasteiger partial charge in [0.05, 0.1) is 0 Å². The molecular formula is AlLiO2. The van der Waals surface area contributed by atoms with Gasteiger partial charge in [-0.1, -0.05) is 0 Å². The fourth-order valence-corrected chi connectivity index (χ4v) is 0. The first kappa shape index (κ1) is 8.83. The summed E-state index contributed by atoms with van der Waals surface area (Å²) in [7, 11) is 0. The molecule has 0 aromatic rings. The fraction of sp³-hybridized carbons (Fsp3) is 0. The van der Waals surface area contributed by atoms with E-state index in [2.05, 4.69) is 0 Å². The summed E-state index contributed by atoms with van der Waals surface area (Å²) in [5.41, 5.74) is 0. The molecule has 0 aliphatic heterocycles. The summed E-state index contributed by atoms with van der Waals surface area (Å²) in [5.74, 6) is 0. The van der Waals surface area contributed by atoms with E-state index in [-0.39, 0.29) is 18.9 Å². The van der Waals surface area contributed by atoms with Gasteiger partial charge < -0.3 is 0 Å². The van der Waals surface area contributed by atoms with Crippen LogP contribution in [0.1, 0.15) is 0 Å². The zero-order valence-corrected chi connectivity index (χ0v) is 3.55. The van der Waals surface area contributed by atoms with Gasteiger partial charge in [-0.3, -0.25) is 0 Å². The third kappa shape index (κ3) is 15.3. The van der Waals surface area contributed by atoms with Crippen LogP contribution in [0.3, 0.4) is 0 Å². The third-order valence-corrected chi connectivity index (χ3v) is 0. The predicted molar refractivity (Wildman–Crippen MR) is 7.13 cm³/mol. The van der Waals surface area contributed by atoms with Crippen LogP contribution in [0.25, 0.3) is 0 Å². The second kappa shape index (κ2) is 9.29. The molecular weight excluding hydrogens is 65.9 g/mol. The van der Waals surface area contributed by atoms with Crippen molar-refractivity contribution >= 4 is 15.1 Å². The number of hydrogen-bond acceptors (Lipinski definition) is 2. The predicted octanol–water partition coefficient (Wildman–Crippen LogP) is -3.61. The van der Waals surface area contributed by atoms with Crippen molar-refractivity contribution in [1.29, 1.82) is 0 Å². The summed E-state index contributed by atoms with van der Waals surface area (Å²) in [5, 5.41) is 0. The zero-order chi connectivity index (χ0) is 2.71. The maximum atomic E-state index is 8.46. The first-order chi connectivity index (χ1) is 1.41. The standard InChI is InChI=1S/Al.Li.2O/q-1;+1;;. The summed E-state index contributed by atoms with van der Waals surface area (Å²) in [6.45, 7) is 0. The van der Waals surface area contributed by atoms with Gasteiger partial charge in [0.25, 0.3) is 0 Å². The van der Waals surface area contributed by atoms with Crippen molar-refractivity contribution in [1.82, 2.24) is 0 Å². The van der Waals surface area contributed by atoms with E-state index in [9.17, 15) is 0 Å². The molecule has 0 heterocycles. The Labute approximate surface area is 41.9 Å². The Kier molecular flexibility index (Phi) is 20.5. The molecule has 0 rings (SSSR count). The molecule has 0 radical (unpaired) electrons. The first-order valence-corrected chi connectivity index (χ1v) is 1.41. The van der Waals surface area contributed by atoms with E-state index >= 15 is 0 Å². The van der Waals surface area contributed by atoms with Gasteiger partial charge in [-0.15, -0.1) is 0 Å². The molecule has 0 aliphatic carbocycles. The Morgan fingerprint density at radius 1 is 1.25 bits per heavy atom. The Balaban J connectivity index is 0. The molecule has 0 amide bonds. The number of rotatable bonds is 0. The van der Waals surface area contributed by atoms with E-state index in [1.54, 1.807) is 0 Å². The second-order valence-corrected chi connectivity index (χ2v) is 0.289. The van der Waals surface area contributed by atoms with Crippen LogP contribution in [0.2, 0.25) is 0 Å². The molecule has 2 nitrogen and oxygen atoms in total. The Hall–Kier alpha value is 0.730. The van der Waals surface area contributed by atoms with Gasteiger partial charge in [0, 0.05) is 0 Å². The van der Waals surface area contributed by atoms with Crippen molar-refractivity contribution in [2.75, 3.05) is 0 Å². The molecule has 0 saturated heterocycles. The molecule has 0 N–H and O–H groups in total. The van der Waals surface area contributed by atoms with Gasteiger partial charge in [0.1, 0.15) is 0 Å². The SMILES string of the molecule is [Li+].[O]=[Al-]=[O]. The van der Waals surface area contributed by atoms with E-state index in [4.69, 9.17) is 7.61 Å². The molecule has 0 aromatic carbocycles. The molecule has 0 saturated carbocycles. The molecule has 0 aromatic heterocycles. The van der Waals surface area contributed by atoms with Crippen LogP contribution < -0.4 is 18.9 Å². The normalized spacial score (nSPS) is 2.00. The van der Waals surface area contributed by atoms with Crippen LogP contribution in [0, 0.1) is 0 Å². The summed E-state index contributed by atoms with van der Waals surface area (Å²) >= 11 is -1.75. The van der Waals surface area contributed by atoms with Gasteiger partial charge >= 0.3 is 41.6 Å². The second-order valence-electron chi connectivity index (χ2n) is 0.0962. The molecule has 16 valence electrons. The van der Waals surface area contributed by atoms with Gasteiger partial charge in [-0.25, -0.2) is 0 Å². The van der Waals surface area contributed by atoms with Crippen molar-refractivity contribution in [3.8, 4) is 0 Å². The first-order valence-electron chi connectivity index (χ1n) is 0.471. The quantitative estimate of drug-likeness (QED) is 0.273. The summed E-state index contributed by atoms with van der Waals surface area (Å²) in [6, 6.07) is 0. The minimum absolute atomic E-state index is 0. The summed E-state index contributed by atoms with van der Waals surface area (Å²) in [4.78, 5) is 0. The van der Waals surface area contributed by atoms with Crippen molar-refractivity contribution in [3.63, 3.8) is 0 Å². The maximum absolute atomic E-state index is 8.46. The topological polar surface area (TPSA) is 34.1 Å². The zero-order valence-electron chi connectivity index (χ0n) is 2.39. The molecule has 4 heavy (non-hydrogen) atoms. The van der Waals surface area contributed by atoms with Crippen molar-refractivity contribution in [2.24, 2.45) is 0 Å². The molecule has 0 aliphatic rings. The minimum atomic E-state index is -1.75. The molecule has 0 spiro atoms. The van der Waals surface area contributed by atoms with Gasteiger partial charge in [-0.05, 0) is 0 Å². The van der Waals surface area contributed by atoms with Crippen molar-refractivity contribution in [3.05, 3.63) is 0 Å². The summed E-state index contributed by atoms with van der Waals surface area (Å²) in [6.07, 6.45) is 0. The Morgan fingerprint density at radius 3 is 1.25 bits per heavy atom. The van der Waals surface area contributed by atoms with Gasteiger partial charge in [-0.2, -0.15) is 0 Å². The van der Waals surface area contributed by atoms with E-state index in [0.717, 1.165) is 0 Å². The van der Waals surface area contributed by atoms with E-state index in [1.807, 2.05) is 0 Å². The molecule has 0 unspecified atom stereocenters. The van der Waals surface area contributed by atoms with Crippen molar-refractivity contribution < 1.29 is 26.5 Å². The molecule has 0 fully saturated rings. The molecule has 4 heteroatoms. The van der Waals surface area contributed by atoms with Gasteiger partial charge in [0.2, 0.25) is 0 Å². The Morgan fingerprint density at radius 2 is 1.25 bits per heavy atom. The van der Waals surface area contributed by atoms with Crippen LogP contribution in [0.5, 0.6) is 0 Å². The Bertz CT molecular complexity index is 27.0. The van der Waals surface area contributed by atoms with E-state index in [0.29, 0.717) is 0 Å². The van der Waals surface area contributed by atoms with Crippen molar-refractivity contribution in [2.45, 2.75) is 0 Å². The van der Waals surface area contributed by atoms with Gasteiger partial charge in [0.15, 0.2) is 0 Å². The molecule has 0 bridgehead atoms. The van der Waals surface area contributed by atoms with Crippen LogP contribution in [-0.2, 0) is 7.61 Å². The molecule has 0 atom stereocenters. The summed E-state index contributed by atoms with van der Waals surface area (Å²) < 4.78 is 16.9. The monoisotopic (exact) mass is 66.0 g/mol. The average Bonchev–Trinajstić information content (AvgIpc) is 0.918. The van der Waals surface area contributed by atoms with Crippen LogP contribution in [0.4, 0.5) is 0 Å². The number of hydrogen-bond donors (Lipinski definition) is 0. The van der Waals surface area contributed by atoms with E-state index < -0.39 is 15.1 Å². The average molecular weight is 65.9 g/mol. The van der Waals surface area contributed by atoms with Crippen LogP contribution >= 0.6 is 0 Å². The van der Waals surface area contributed by atoms with E-state index in [1.165, 1.54) is 0 Å². The van der Waals surface area contributed by atoms with Crippen LogP contribution in [-0.4, -0.2) is 15.1 Å². The third-order valence-electron chi connectivity index (χ3n) is 0.